The van der Waals surface area contributed by atoms with Gasteiger partial charge in [0.05, 0.1) is 11.8 Å². The third kappa shape index (κ3) is 5.54. The molecule has 0 unspecified atom stereocenters. The van der Waals surface area contributed by atoms with E-state index < -0.39 is 29.1 Å². The second kappa shape index (κ2) is 10.3. The van der Waals surface area contributed by atoms with Gasteiger partial charge < -0.3 is 15.5 Å². The number of phenolic OH excluding ortho intramolecular Hbond substituents is 1. The number of carboxylic acids is 1. The number of thioether (sulfide) groups is 1. The van der Waals surface area contributed by atoms with Gasteiger partial charge >= 0.3 is 5.97 Å². The third-order valence-corrected chi connectivity index (χ3v) is 7.07. The summed E-state index contributed by atoms with van der Waals surface area (Å²) in [6.07, 6.45) is 1.32. The van der Waals surface area contributed by atoms with Gasteiger partial charge in [0.25, 0.3) is 5.91 Å². The van der Waals surface area contributed by atoms with Crippen LogP contribution in [0.15, 0.2) is 58.6 Å². The first-order chi connectivity index (χ1) is 16.7. The number of hydrazone groups is 1. The monoisotopic (exact) mass is 494 g/mol. The minimum absolute atomic E-state index is 0.163. The molecule has 2 heterocycles. The van der Waals surface area contributed by atoms with E-state index in [0.717, 1.165) is 35.0 Å². The standard InChI is InChI=1S/C25H26N4O5S/c1-3-15-4-6-17(7-5-15)20-12-19(16-8-10-18(30)11-9-16)28-29(20)25-27-23(32)21(35-25)13-22(31)26-14(2)24(33)34/h4-11,14,20-21,30H,3,12-13H2,1-2H3,(H,26,31)(H,33,34)/t14-,20+,21+/m1/s1. The number of benzene rings is 2. The van der Waals surface area contributed by atoms with Crippen molar-refractivity contribution in [3.05, 3.63) is 65.2 Å². The molecule has 10 heteroatoms. The Morgan fingerprint density at radius 3 is 2.49 bits per heavy atom. The summed E-state index contributed by atoms with van der Waals surface area (Å²) in [5.74, 6) is -1.96. The van der Waals surface area contributed by atoms with Crippen molar-refractivity contribution in [3.8, 4) is 5.75 Å². The molecule has 2 aliphatic rings. The van der Waals surface area contributed by atoms with Gasteiger partial charge in [-0.05, 0) is 54.3 Å². The molecule has 0 radical (unpaired) electrons. The van der Waals surface area contributed by atoms with E-state index in [0.29, 0.717) is 11.6 Å². The molecule has 3 atom stereocenters. The number of amides is 2. The molecule has 0 fully saturated rings. The summed E-state index contributed by atoms with van der Waals surface area (Å²) in [6, 6.07) is 13.8. The number of aliphatic carboxylic acids is 1. The summed E-state index contributed by atoms with van der Waals surface area (Å²) >= 11 is 1.16. The number of carbonyl (C=O) groups is 3. The summed E-state index contributed by atoms with van der Waals surface area (Å²) in [5.41, 5.74) is 3.88. The zero-order valence-electron chi connectivity index (χ0n) is 19.3. The fourth-order valence-electron chi connectivity index (χ4n) is 3.89. The highest BCUT2D eigenvalue weighted by Crippen LogP contribution is 2.38. The maximum atomic E-state index is 12.6. The maximum absolute atomic E-state index is 12.6. The first-order valence-corrected chi connectivity index (χ1v) is 12.2. The van der Waals surface area contributed by atoms with Crippen LogP contribution in [0.25, 0.3) is 0 Å². The van der Waals surface area contributed by atoms with Crippen LogP contribution in [0.2, 0.25) is 0 Å². The molecular weight excluding hydrogens is 468 g/mol. The van der Waals surface area contributed by atoms with Crippen LogP contribution in [-0.2, 0) is 20.8 Å². The Morgan fingerprint density at radius 2 is 1.86 bits per heavy atom. The molecule has 3 N–H and O–H groups in total. The molecule has 4 rings (SSSR count). The summed E-state index contributed by atoms with van der Waals surface area (Å²) in [4.78, 5) is 40.0. The van der Waals surface area contributed by atoms with E-state index in [2.05, 4.69) is 29.4 Å². The van der Waals surface area contributed by atoms with Crippen LogP contribution in [0.1, 0.15) is 49.4 Å². The van der Waals surface area contributed by atoms with Gasteiger partial charge in [-0.25, -0.2) is 5.01 Å². The first kappa shape index (κ1) is 24.5. The molecule has 2 aliphatic heterocycles. The number of amidine groups is 1. The number of rotatable bonds is 7. The van der Waals surface area contributed by atoms with E-state index in [1.807, 2.05) is 12.1 Å². The molecule has 2 aromatic carbocycles. The van der Waals surface area contributed by atoms with Crippen molar-refractivity contribution in [1.82, 2.24) is 10.3 Å². The van der Waals surface area contributed by atoms with Gasteiger partial charge in [-0.3, -0.25) is 14.4 Å². The SMILES string of the molecule is CCc1ccc([C@@H]2CC(c3ccc(O)cc3)=NN2C2=NC(=O)[C@H](CC(=O)N[C@H](C)C(=O)O)S2)cc1. The molecule has 0 saturated carbocycles. The van der Waals surface area contributed by atoms with Crippen molar-refractivity contribution >= 4 is 40.4 Å². The minimum atomic E-state index is -1.15. The Bertz CT molecular complexity index is 1190. The Morgan fingerprint density at radius 1 is 1.17 bits per heavy atom. The van der Waals surface area contributed by atoms with Crippen molar-refractivity contribution in [3.63, 3.8) is 0 Å². The second-order valence-corrected chi connectivity index (χ2v) is 9.59. The van der Waals surface area contributed by atoms with Crippen LogP contribution in [0, 0.1) is 0 Å². The van der Waals surface area contributed by atoms with Crippen molar-refractivity contribution in [2.75, 3.05) is 0 Å². The molecule has 0 saturated heterocycles. The molecule has 35 heavy (non-hydrogen) atoms. The quantitative estimate of drug-likeness (QED) is 0.539. The third-order valence-electron chi connectivity index (χ3n) is 5.93. The van der Waals surface area contributed by atoms with E-state index in [9.17, 15) is 19.5 Å². The molecule has 2 amide bonds. The predicted octanol–water partition coefficient (Wildman–Crippen LogP) is 3.08. The average molecular weight is 495 g/mol. The lowest BCUT2D eigenvalue weighted by Crippen LogP contribution is -2.39. The summed E-state index contributed by atoms with van der Waals surface area (Å²) in [6.45, 7) is 3.45. The zero-order chi connectivity index (χ0) is 25.1. The van der Waals surface area contributed by atoms with Crippen molar-refractivity contribution < 1.29 is 24.6 Å². The molecule has 9 nitrogen and oxygen atoms in total. The molecule has 0 aliphatic carbocycles. The largest absolute Gasteiger partial charge is 0.508 e. The van der Waals surface area contributed by atoms with Crippen LogP contribution < -0.4 is 5.32 Å². The van der Waals surface area contributed by atoms with Gasteiger partial charge in [-0.1, -0.05) is 43.0 Å². The lowest BCUT2D eigenvalue weighted by Gasteiger charge is -2.23. The number of aliphatic imine (C=N–C) groups is 1. The average Bonchev–Trinajstić information content (AvgIpc) is 3.43. The Balaban J connectivity index is 1.56. The first-order valence-electron chi connectivity index (χ1n) is 11.3. The van der Waals surface area contributed by atoms with Crippen molar-refractivity contribution in [2.24, 2.45) is 10.1 Å². The molecule has 0 spiro atoms. The van der Waals surface area contributed by atoms with Gasteiger partial charge in [-0.2, -0.15) is 10.1 Å². The van der Waals surface area contributed by atoms with E-state index in [4.69, 9.17) is 10.2 Å². The number of carbonyl (C=O) groups excluding carboxylic acids is 2. The van der Waals surface area contributed by atoms with Gasteiger partial charge in [0.2, 0.25) is 5.91 Å². The molecule has 0 aromatic heterocycles. The van der Waals surface area contributed by atoms with Crippen LogP contribution in [0.5, 0.6) is 5.75 Å². The van der Waals surface area contributed by atoms with Crippen LogP contribution in [0.4, 0.5) is 0 Å². The second-order valence-electron chi connectivity index (χ2n) is 8.42. The van der Waals surface area contributed by atoms with E-state index in [1.165, 1.54) is 12.5 Å². The lowest BCUT2D eigenvalue weighted by atomic mass is 9.97. The molecule has 0 bridgehead atoms. The highest BCUT2D eigenvalue weighted by molar-refractivity contribution is 8.15. The highest BCUT2D eigenvalue weighted by atomic mass is 32.2. The number of phenols is 1. The Labute approximate surface area is 206 Å². The van der Waals surface area contributed by atoms with Crippen LogP contribution >= 0.6 is 11.8 Å². The predicted molar refractivity (Wildman–Crippen MR) is 133 cm³/mol. The van der Waals surface area contributed by atoms with E-state index >= 15 is 0 Å². The number of nitrogens with one attached hydrogen (secondary N) is 1. The van der Waals surface area contributed by atoms with E-state index in [1.54, 1.807) is 29.3 Å². The van der Waals surface area contributed by atoms with Gasteiger partial charge in [0, 0.05) is 12.8 Å². The summed E-state index contributed by atoms with van der Waals surface area (Å²) in [5, 5.41) is 27.2. The number of hydrogen-bond donors (Lipinski definition) is 3. The summed E-state index contributed by atoms with van der Waals surface area (Å²) < 4.78 is 0. The smallest absolute Gasteiger partial charge is 0.325 e. The topological polar surface area (TPSA) is 132 Å². The summed E-state index contributed by atoms with van der Waals surface area (Å²) in [7, 11) is 0. The number of aryl methyl sites for hydroxylation is 1. The lowest BCUT2D eigenvalue weighted by molar-refractivity contribution is -0.141. The number of carboxylic acid groups (broad SMARTS) is 1. The Kier molecular flexibility index (Phi) is 7.20. The normalized spacial score (nSPS) is 20.4. The van der Waals surface area contributed by atoms with E-state index in [-0.39, 0.29) is 18.2 Å². The zero-order valence-corrected chi connectivity index (χ0v) is 20.2. The fraction of sp³-hybridized carbons (Fsp3) is 0.320. The number of nitrogens with zero attached hydrogens (tertiary/aromatic N) is 3. The highest BCUT2D eigenvalue weighted by Gasteiger charge is 2.39. The molecular formula is C25H26N4O5S. The molecule has 2 aromatic rings. The number of aromatic hydroxyl groups is 1. The van der Waals surface area contributed by atoms with Gasteiger partial charge in [0.15, 0.2) is 5.17 Å². The van der Waals surface area contributed by atoms with Gasteiger partial charge in [0.1, 0.15) is 17.0 Å². The van der Waals surface area contributed by atoms with Crippen molar-refractivity contribution in [2.45, 2.75) is 50.4 Å². The van der Waals surface area contributed by atoms with Gasteiger partial charge in [-0.15, -0.1) is 0 Å². The Hall–Kier alpha value is -3.66. The fourth-order valence-corrected chi connectivity index (χ4v) is 4.95. The maximum Gasteiger partial charge on any atom is 0.325 e. The number of hydrogen-bond acceptors (Lipinski definition) is 7. The molecule has 182 valence electrons. The van der Waals surface area contributed by atoms with Crippen LogP contribution in [0.3, 0.4) is 0 Å². The minimum Gasteiger partial charge on any atom is -0.508 e. The van der Waals surface area contributed by atoms with Crippen LogP contribution in [-0.4, -0.2) is 55.2 Å². The van der Waals surface area contributed by atoms with Crippen molar-refractivity contribution in [1.29, 1.82) is 0 Å².